The molecule has 0 aliphatic carbocycles. The van der Waals surface area contributed by atoms with Crippen LogP contribution in [0.1, 0.15) is 59.3 Å². The van der Waals surface area contributed by atoms with Crippen molar-refractivity contribution >= 4 is 0 Å². The quantitative estimate of drug-likeness (QED) is 0.584. The predicted molar refractivity (Wildman–Crippen MR) is 74.0 cm³/mol. The van der Waals surface area contributed by atoms with Crippen LogP contribution in [-0.4, -0.2) is 37.6 Å². The van der Waals surface area contributed by atoms with Crippen LogP contribution in [-0.2, 0) is 0 Å². The Morgan fingerprint density at radius 1 is 0.938 bits per heavy atom. The zero-order valence-corrected chi connectivity index (χ0v) is 11.9. The second-order valence-electron chi connectivity index (χ2n) is 4.74. The van der Waals surface area contributed by atoms with Gasteiger partial charge in [0.25, 0.3) is 0 Å². The van der Waals surface area contributed by atoms with Gasteiger partial charge in [0.1, 0.15) is 0 Å². The molecule has 1 N–H and O–H groups in total. The molecule has 0 aromatic rings. The first-order chi connectivity index (χ1) is 7.79. The topological polar surface area (TPSA) is 15.3 Å². The standard InChI is InChI=1S/C14H32N2/c1-5-8-11-16(12-9-6-2)14(10-7-3)13-15-4/h14-15H,5-13H2,1-4H3. The number of unbranched alkanes of at least 4 members (excludes halogenated alkanes) is 2. The zero-order chi connectivity index (χ0) is 12.2. The highest BCUT2D eigenvalue weighted by atomic mass is 15.2. The summed E-state index contributed by atoms with van der Waals surface area (Å²) in [4.78, 5) is 2.70. The van der Waals surface area contributed by atoms with Crippen molar-refractivity contribution in [2.75, 3.05) is 26.7 Å². The Labute approximate surface area is 103 Å². The number of nitrogens with one attached hydrogen (secondary N) is 1. The van der Waals surface area contributed by atoms with Crippen molar-refractivity contribution in [3.63, 3.8) is 0 Å². The Bertz CT molecular complexity index is 123. The van der Waals surface area contributed by atoms with E-state index < -0.39 is 0 Å². The first-order valence-corrected chi connectivity index (χ1v) is 7.18. The molecule has 2 heteroatoms. The van der Waals surface area contributed by atoms with Gasteiger partial charge in [-0.25, -0.2) is 0 Å². The average Bonchev–Trinajstić information content (AvgIpc) is 2.29. The van der Waals surface area contributed by atoms with Crippen LogP contribution < -0.4 is 5.32 Å². The summed E-state index contributed by atoms with van der Waals surface area (Å²) in [6.45, 7) is 10.6. The van der Waals surface area contributed by atoms with Crippen molar-refractivity contribution in [1.29, 1.82) is 0 Å². The van der Waals surface area contributed by atoms with E-state index in [4.69, 9.17) is 0 Å². The van der Waals surface area contributed by atoms with E-state index >= 15 is 0 Å². The van der Waals surface area contributed by atoms with Gasteiger partial charge in [0, 0.05) is 12.6 Å². The summed E-state index contributed by atoms with van der Waals surface area (Å²) in [6.07, 6.45) is 7.92. The average molecular weight is 228 g/mol. The van der Waals surface area contributed by atoms with E-state index in [1.165, 1.54) is 51.6 Å². The van der Waals surface area contributed by atoms with E-state index in [0.717, 1.165) is 12.6 Å². The number of rotatable bonds is 11. The summed E-state index contributed by atoms with van der Waals surface area (Å²) in [5, 5.41) is 3.34. The van der Waals surface area contributed by atoms with Gasteiger partial charge in [0.05, 0.1) is 0 Å². The minimum absolute atomic E-state index is 0.744. The van der Waals surface area contributed by atoms with E-state index in [2.05, 4.69) is 38.0 Å². The van der Waals surface area contributed by atoms with Gasteiger partial charge >= 0.3 is 0 Å². The third-order valence-corrected chi connectivity index (χ3v) is 3.18. The van der Waals surface area contributed by atoms with Crippen molar-refractivity contribution in [3.8, 4) is 0 Å². The predicted octanol–water partition coefficient (Wildman–Crippen LogP) is 3.28. The third kappa shape index (κ3) is 7.24. The van der Waals surface area contributed by atoms with Crippen LogP contribution in [0.25, 0.3) is 0 Å². The Morgan fingerprint density at radius 2 is 1.50 bits per heavy atom. The fourth-order valence-corrected chi connectivity index (χ4v) is 2.18. The van der Waals surface area contributed by atoms with Crippen molar-refractivity contribution in [2.24, 2.45) is 0 Å². The van der Waals surface area contributed by atoms with E-state index in [9.17, 15) is 0 Å². The highest BCUT2D eigenvalue weighted by Gasteiger charge is 2.15. The van der Waals surface area contributed by atoms with Crippen LogP contribution in [0.5, 0.6) is 0 Å². The van der Waals surface area contributed by atoms with Crippen molar-refractivity contribution in [2.45, 2.75) is 65.3 Å². The Morgan fingerprint density at radius 3 is 1.88 bits per heavy atom. The van der Waals surface area contributed by atoms with Crippen LogP contribution in [0, 0.1) is 0 Å². The summed E-state index contributed by atoms with van der Waals surface area (Å²) in [6, 6.07) is 0.744. The summed E-state index contributed by atoms with van der Waals surface area (Å²) >= 11 is 0. The maximum Gasteiger partial charge on any atom is 0.0220 e. The SMILES string of the molecule is CCCCN(CCCC)C(CCC)CNC. The third-order valence-electron chi connectivity index (χ3n) is 3.18. The lowest BCUT2D eigenvalue weighted by Gasteiger charge is -2.31. The number of likely N-dealkylation sites (N-methyl/N-ethyl adjacent to an activating group) is 1. The fourth-order valence-electron chi connectivity index (χ4n) is 2.18. The van der Waals surface area contributed by atoms with Gasteiger partial charge in [-0.05, 0) is 39.4 Å². The first-order valence-electron chi connectivity index (χ1n) is 7.18. The van der Waals surface area contributed by atoms with Crippen LogP contribution >= 0.6 is 0 Å². The molecule has 0 saturated carbocycles. The highest BCUT2D eigenvalue weighted by molar-refractivity contribution is 4.73. The molecule has 2 nitrogen and oxygen atoms in total. The first kappa shape index (κ1) is 15.9. The van der Waals surface area contributed by atoms with Crippen LogP contribution in [0.4, 0.5) is 0 Å². The molecule has 0 amide bonds. The molecule has 0 bridgehead atoms. The molecule has 0 heterocycles. The van der Waals surface area contributed by atoms with Crippen molar-refractivity contribution < 1.29 is 0 Å². The smallest absolute Gasteiger partial charge is 0.0220 e. The van der Waals surface area contributed by atoms with E-state index in [1.807, 2.05) is 0 Å². The number of hydrogen-bond donors (Lipinski definition) is 1. The molecule has 1 unspecified atom stereocenters. The minimum atomic E-state index is 0.744. The lowest BCUT2D eigenvalue weighted by atomic mass is 10.1. The molecular weight excluding hydrogens is 196 g/mol. The summed E-state index contributed by atoms with van der Waals surface area (Å²) in [5.41, 5.74) is 0. The molecule has 98 valence electrons. The normalized spacial score (nSPS) is 13.3. The number of nitrogens with zero attached hydrogens (tertiary/aromatic N) is 1. The van der Waals surface area contributed by atoms with E-state index in [1.54, 1.807) is 0 Å². The molecule has 0 saturated heterocycles. The second kappa shape index (κ2) is 11.4. The molecule has 0 fully saturated rings. The van der Waals surface area contributed by atoms with Gasteiger partial charge in [-0.15, -0.1) is 0 Å². The summed E-state index contributed by atoms with van der Waals surface area (Å²) in [7, 11) is 2.07. The van der Waals surface area contributed by atoms with E-state index in [0.29, 0.717) is 0 Å². The van der Waals surface area contributed by atoms with Gasteiger partial charge in [-0.1, -0.05) is 40.0 Å². The Hall–Kier alpha value is -0.0800. The second-order valence-corrected chi connectivity index (χ2v) is 4.74. The molecule has 0 aromatic carbocycles. The molecule has 0 aliphatic rings. The minimum Gasteiger partial charge on any atom is -0.318 e. The summed E-state index contributed by atoms with van der Waals surface area (Å²) in [5.74, 6) is 0. The largest absolute Gasteiger partial charge is 0.318 e. The molecule has 16 heavy (non-hydrogen) atoms. The van der Waals surface area contributed by atoms with Gasteiger partial charge in [-0.2, -0.15) is 0 Å². The molecule has 0 aromatic heterocycles. The Kier molecular flexibility index (Phi) is 11.3. The molecule has 0 spiro atoms. The fraction of sp³-hybridized carbons (Fsp3) is 1.00. The number of hydrogen-bond acceptors (Lipinski definition) is 2. The zero-order valence-electron chi connectivity index (χ0n) is 11.9. The van der Waals surface area contributed by atoms with Gasteiger partial charge in [-0.3, -0.25) is 4.90 Å². The van der Waals surface area contributed by atoms with Gasteiger partial charge in [0.2, 0.25) is 0 Å². The molecule has 1 atom stereocenters. The summed E-state index contributed by atoms with van der Waals surface area (Å²) < 4.78 is 0. The van der Waals surface area contributed by atoms with Gasteiger partial charge < -0.3 is 5.32 Å². The molecule has 0 radical (unpaired) electrons. The molecule has 0 aliphatic heterocycles. The molecular formula is C14H32N2. The van der Waals surface area contributed by atoms with Crippen molar-refractivity contribution in [3.05, 3.63) is 0 Å². The lowest BCUT2D eigenvalue weighted by Crippen LogP contribution is -2.42. The van der Waals surface area contributed by atoms with Crippen LogP contribution in [0.2, 0.25) is 0 Å². The highest BCUT2D eigenvalue weighted by Crippen LogP contribution is 2.09. The maximum atomic E-state index is 3.34. The lowest BCUT2D eigenvalue weighted by molar-refractivity contribution is 0.178. The maximum absolute atomic E-state index is 3.34. The van der Waals surface area contributed by atoms with E-state index in [-0.39, 0.29) is 0 Å². The Balaban J connectivity index is 4.15. The monoisotopic (exact) mass is 228 g/mol. The van der Waals surface area contributed by atoms with Crippen LogP contribution in [0.15, 0.2) is 0 Å². The van der Waals surface area contributed by atoms with Crippen LogP contribution in [0.3, 0.4) is 0 Å². The molecule has 0 rings (SSSR count). The van der Waals surface area contributed by atoms with Crippen molar-refractivity contribution in [1.82, 2.24) is 10.2 Å². The van der Waals surface area contributed by atoms with Gasteiger partial charge in [0.15, 0.2) is 0 Å².